The summed E-state index contributed by atoms with van der Waals surface area (Å²) in [7, 11) is 0. The summed E-state index contributed by atoms with van der Waals surface area (Å²) in [5, 5.41) is 12.1. The summed E-state index contributed by atoms with van der Waals surface area (Å²) < 4.78 is 11.6. The Morgan fingerprint density at radius 2 is 1.00 bits per heavy atom. The highest BCUT2D eigenvalue weighted by atomic mass is 32.1. The van der Waals surface area contributed by atoms with Crippen molar-refractivity contribution in [3.8, 4) is 27.9 Å². The van der Waals surface area contributed by atoms with Crippen LogP contribution in [0.4, 0.5) is 17.1 Å². The molecule has 0 amide bonds. The molecule has 0 N–H and O–H groups in total. The van der Waals surface area contributed by atoms with Gasteiger partial charge in [-0.2, -0.15) is 0 Å². The Morgan fingerprint density at radius 1 is 0.379 bits per heavy atom. The minimum absolute atomic E-state index is 0.894. The second-order valence-corrected chi connectivity index (χ2v) is 18.2. The van der Waals surface area contributed by atoms with Crippen LogP contribution in [0.1, 0.15) is 0 Å². The SMILES string of the molecule is c1cc(-c2cccc3c2oc2ccccc23)cc(N(c2cc(-c3ccccc3-n3c4ccccc4c4ccccc43)c3sc4ccccc4c3c2)c2cc3ccccc3c3ccccc23)c1. The largest absolute Gasteiger partial charge is 0.455 e. The molecule has 3 nitrogen and oxygen atoms in total. The molecule has 0 aliphatic heterocycles. The normalized spacial score (nSPS) is 11.9. The zero-order valence-electron chi connectivity index (χ0n) is 35.7. The zero-order chi connectivity index (χ0) is 43.3. The monoisotopic (exact) mass is 858 g/mol. The molecular formula is C62H38N2OS. The van der Waals surface area contributed by atoms with Gasteiger partial charge in [-0.15, -0.1) is 11.3 Å². The second kappa shape index (κ2) is 14.5. The molecule has 14 aromatic rings. The maximum Gasteiger partial charge on any atom is 0.143 e. The lowest BCUT2D eigenvalue weighted by molar-refractivity contribution is 0.670. The fourth-order valence-corrected chi connectivity index (χ4v) is 11.9. The van der Waals surface area contributed by atoms with Crippen LogP contribution >= 0.6 is 11.3 Å². The van der Waals surface area contributed by atoms with Crippen LogP contribution in [0.2, 0.25) is 0 Å². The fraction of sp³-hybridized carbons (Fsp3) is 0. The minimum atomic E-state index is 0.894. The Hall–Kier alpha value is -8.44. The van der Waals surface area contributed by atoms with Gasteiger partial charge in [0, 0.05) is 75.2 Å². The van der Waals surface area contributed by atoms with Crippen molar-refractivity contribution in [2.75, 3.05) is 4.90 Å². The smallest absolute Gasteiger partial charge is 0.143 e. The maximum absolute atomic E-state index is 6.64. The Bertz CT molecular complexity index is 4210. The number of hydrogen-bond donors (Lipinski definition) is 0. The highest BCUT2D eigenvalue weighted by Gasteiger charge is 2.24. The number of aromatic nitrogens is 1. The standard InChI is InChI=1S/C62H38N2OS/c1-2-20-43-40(17-1)36-58(46-22-4-3-21-45(43)46)63(41-19-15-18-39(35-41)44-28-16-29-52-50-26-8-13-33-59(50)65-61(44)52)42-37-53(62-54(38-42)51-27-9-14-34-60(51)66-62)49-25-7-12-32-57(49)64-55-30-10-5-23-47(55)48-24-6-11-31-56(48)64/h1-38H. The van der Waals surface area contributed by atoms with Gasteiger partial charge >= 0.3 is 0 Å². The fourth-order valence-electron chi connectivity index (χ4n) is 10.7. The zero-order valence-corrected chi connectivity index (χ0v) is 36.5. The number of thiophene rings is 1. The Labute approximate surface area is 384 Å². The first-order chi connectivity index (χ1) is 32.7. The third-order valence-electron chi connectivity index (χ3n) is 13.5. The van der Waals surface area contributed by atoms with Gasteiger partial charge in [-0.3, -0.25) is 0 Å². The van der Waals surface area contributed by atoms with Crippen LogP contribution in [-0.2, 0) is 0 Å². The van der Waals surface area contributed by atoms with Gasteiger partial charge in [-0.1, -0.05) is 170 Å². The molecule has 0 radical (unpaired) electrons. The van der Waals surface area contributed by atoms with Crippen LogP contribution in [0.3, 0.4) is 0 Å². The number of furan rings is 1. The molecule has 0 unspecified atom stereocenters. The molecule has 0 bridgehead atoms. The number of anilines is 3. The average Bonchev–Trinajstić information content (AvgIpc) is 4.06. The number of rotatable bonds is 6. The van der Waals surface area contributed by atoms with E-state index in [-0.39, 0.29) is 0 Å². The third-order valence-corrected chi connectivity index (χ3v) is 14.8. The Morgan fingerprint density at radius 3 is 1.83 bits per heavy atom. The molecule has 308 valence electrons. The predicted molar refractivity (Wildman–Crippen MR) is 282 cm³/mol. The lowest BCUT2D eigenvalue weighted by atomic mass is 9.96. The second-order valence-electron chi connectivity index (χ2n) is 17.2. The molecule has 0 spiro atoms. The van der Waals surface area contributed by atoms with E-state index in [9.17, 15) is 0 Å². The van der Waals surface area contributed by atoms with Gasteiger partial charge in [0.15, 0.2) is 0 Å². The van der Waals surface area contributed by atoms with Gasteiger partial charge in [0.1, 0.15) is 11.2 Å². The van der Waals surface area contributed by atoms with Crippen molar-refractivity contribution in [1.29, 1.82) is 0 Å². The molecule has 4 heteroatoms. The Kier molecular flexibility index (Phi) is 8.15. The first kappa shape index (κ1) is 37.0. The van der Waals surface area contributed by atoms with Crippen LogP contribution in [0.5, 0.6) is 0 Å². The van der Waals surface area contributed by atoms with Gasteiger partial charge in [0.2, 0.25) is 0 Å². The van der Waals surface area contributed by atoms with Gasteiger partial charge in [-0.05, 0) is 82.4 Å². The highest BCUT2D eigenvalue weighted by Crippen LogP contribution is 2.50. The molecule has 11 aromatic carbocycles. The van der Waals surface area contributed by atoms with E-state index in [1.807, 2.05) is 17.4 Å². The number of para-hydroxylation sites is 5. The van der Waals surface area contributed by atoms with Gasteiger partial charge in [-0.25, -0.2) is 0 Å². The lowest BCUT2D eigenvalue weighted by Gasteiger charge is -2.29. The molecular weight excluding hydrogens is 821 g/mol. The van der Waals surface area contributed by atoms with E-state index in [2.05, 4.69) is 234 Å². The van der Waals surface area contributed by atoms with E-state index in [1.54, 1.807) is 0 Å². The van der Waals surface area contributed by atoms with Crippen LogP contribution in [0, 0.1) is 0 Å². The van der Waals surface area contributed by atoms with E-state index >= 15 is 0 Å². The molecule has 0 saturated carbocycles. The molecule has 3 heterocycles. The first-order valence-corrected chi connectivity index (χ1v) is 23.3. The molecule has 0 saturated heterocycles. The summed E-state index contributed by atoms with van der Waals surface area (Å²) in [6.45, 7) is 0. The topological polar surface area (TPSA) is 21.3 Å². The summed E-state index contributed by atoms with van der Waals surface area (Å²) in [5.41, 5.74) is 13.1. The summed E-state index contributed by atoms with van der Waals surface area (Å²) in [6.07, 6.45) is 0. The number of fused-ring (bicyclic) bond motifs is 12. The molecule has 66 heavy (non-hydrogen) atoms. The molecule has 0 aliphatic rings. The van der Waals surface area contributed by atoms with E-state index < -0.39 is 0 Å². The van der Waals surface area contributed by atoms with Crippen molar-refractivity contribution < 1.29 is 4.42 Å². The van der Waals surface area contributed by atoms with E-state index in [0.29, 0.717) is 0 Å². The molecule has 0 atom stereocenters. The van der Waals surface area contributed by atoms with E-state index in [1.165, 1.54) is 74.6 Å². The maximum atomic E-state index is 6.64. The van der Waals surface area contributed by atoms with E-state index in [4.69, 9.17) is 4.42 Å². The van der Waals surface area contributed by atoms with Crippen LogP contribution in [0.15, 0.2) is 235 Å². The molecule has 0 fully saturated rings. The first-order valence-electron chi connectivity index (χ1n) is 22.5. The molecule has 14 rings (SSSR count). The van der Waals surface area contributed by atoms with Crippen molar-refractivity contribution in [3.05, 3.63) is 231 Å². The third kappa shape index (κ3) is 5.55. The van der Waals surface area contributed by atoms with Crippen molar-refractivity contribution in [2.45, 2.75) is 0 Å². The number of hydrogen-bond acceptors (Lipinski definition) is 3. The number of benzene rings is 11. The van der Waals surface area contributed by atoms with Gasteiger partial charge in [0.05, 0.1) is 22.4 Å². The predicted octanol–water partition coefficient (Wildman–Crippen LogP) is 18.2. The highest BCUT2D eigenvalue weighted by molar-refractivity contribution is 7.26. The molecule has 0 aliphatic carbocycles. The average molecular weight is 859 g/mol. The summed E-state index contributed by atoms with van der Waals surface area (Å²) in [4.78, 5) is 2.50. The van der Waals surface area contributed by atoms with Crippen molar-refractivity contribution >= 4 is 114 Å². The van der Waals surface area contributed by atoms with Gasteiger partial charge in [0.25, 0.3) is 0 Å². The summed E-state index contributed by atoms with van der Waals surface area (Å²) in [6, 6.07) is 84.2. The Balaban J connectivity index is 1.08. The van der Waals surface area contributed by atoms with Crippen LogP contribution < -0.4 is 4.90 Å². The van der Waals surface area contributed by atoms with Crippen LogP contribution in [0.25, 0.3) is 113 Å². The summed E-state index contributed by atoms with van der Waals surface area (Å²) >= 11 is 1.88. The van der Waals surface area contributed by atoms with Crippen molar-refractivity contribution in [2.24, 2.45) is 0 Å². The van der Waals surface area contributed by atoms with E-state index in [0.717, 1.165) is 55.8 Å². The number of nitrogens with zero attached hydrogens (tertiary/aromatic N) is 2. The molecule has 3 aromatic heterocycles. The summed E-state index contributed by atoms with van der Waals surface area (Å²) in [5.74, 6) is 0. The van der Waals surface area contributed by atoms with Crippen LogP contribution in [-0.4, -0.2) is 4.57 Å². The minimum Gasteiger partial charge on any atom is -0.455 e. The van der Waals surface area contributed by atoms with Gasteiger partial charge < -0.3 is 13.9 Å². The lowest BCUT2D eigenvalue weighted by Crippen LogP contribution is -2.11. The quantitative estimate of drug-likeness (QED) is 0.155. The van der Waals surface area contributed by atoms with Crippen molar-refractivity contribution in [1.82, 2.24) is 4.57 Å². The van der Waals surface area contributed by atoms with Crippen molar-refractivity contribution in [3.63, 3.8) is 0 Å².